The average molecular weight is 412 g/mol. The molecule has 0 saturated carbocycles. The van der Waals surface area contributed by atoms with Crippen LogP contribution in [0.4, 0.5) is 20.7 Å². The zero-order valence-corrected chi connectivity index (χ0v) is 16.4. The fraction of sp³-hybridized carbons (Fsp3) is 0.316. The number of aryl methyl sites for hydroxylation is 1. The van der Waals surface area contributed by atoms with Crippen LogP contribution in [0.2, 0.25) is 0 Å². The number of aromatic nitrogens is 2. The van der Waals surface area contributed by atoms with Crippen molar-refractivity contribution < 1.29 is 13.9 Å². The molecule has 0 spiro atoms. The molecule has 1 aliphatic rings. The van der Waals surface area contributed by atoms with Crippen molar-refractivity contribution in [2.75, 3.05) is 36.0 Å². The van der Waals surface area contributed by atoms with Gasteiger partial charge in [0.15, 0.2) is 17.6 Å². The molecule has 3 rings (SSSR count). The van der Waals surface area contributed by atoms with E-state index in [9.17, 15) is 10.1 Å². The number of amides is 1. The molecule has 156 valence electrons. The van der Waals surface area contributed by atoms with E-state index >= 15 is 4.39 Å². The molecule has 1 fully saturated rings. The van der Waals surface area contributed by atoms with Gasteiger partial charge in [0, 0.05) is 31.7 Å². The van der Waals surface area contributed by atoms with Gasteiger partial charge in [-0.1, -0.05) is 6.07 Å². The van der Waals surface area contributed by atoms with Crippen molar-refractivity contribution in [1.29, 1.82) is 10.7 Å². The van der Waals surface area contributed by atoms with Gasteiger partial charge in [-0.2, -0.15) is 10.4 Å². The number of rotatable bonds is 4. The monoisotopic (exact) mass is 412 g/mol. The lowest BCUT2D eigenvalue weighted by Crippen LogP contribution is -2.47. The zero-order valence-electron chi connectivity index (χ0n) is 16.4. The van der Waals surface area contributed by atoms with Crippen LogP contribution in [0, 0.1) is 29.5 Å². The summed E-state index contributed by atoms with van der Waals surface area (Å²) in [4.78, 5) is 15.3. The highest BCUT2D eigenvalue weighted by molar-refractivity contribution is 5.90. The van der Waals surface area contributed by atoms with Crippen LogP contribution in [0.15, 0.2) is 24.3 Å². The van der Waals surface area contributed by atoms with E-state index in [4.69, 9.17) is 15.9 Å². The molecule has 1 aromatic heterocycles. The molecular weight excluding hydrogens is 391 g/mol. The van der Waals surface area contributed by atoms with E-state index in [-0.39, 0.29) is 23.4 Å². The van der Waals surface area contributed by atoms with Crippen molar-refractivity contribution in [2.24, 2.45) is 5.73 Å². The summed E-state index contributed by atoms with van der Waals surface area (Å²) in [6.45, 7) is 3.64. The summed E-state index contributed by atoms with van der Waals surface area (Å²) in [5, 5.41) is 26.6. The number of nitrogens with one attached hydrogen (secondary N) is 2. The predicted molar refractivity (Wildman–Crippen MR) is 108 cm³/mol. The second-order valence-electron chi connectivity index (χ2n) is 6.67. The fourth-order valence-corrected chi connectivity index (χ4v) is 3.13. The number of benzene rings is 1. The number of halogens is 1. The Kier molecular flexibility index (Phi) is 6.26. The highest BCUT2D eigenvalue weighted by Crippen LogP contribution is 2.29. The van der Waals surface area contributed by atoms with E-state index in [0.717, 1.165) is 11.5 Å². The second kappa shape index (κ2) is 9.04. The lowest BCUT2D eigenvalue weighted by Gasteiger charge is -2.37. The van der Waals surface area contributed by atoms with Crippen LogP contribution in [0.3, 0.4) is 0 Å². The molecule has 0 unspecified atom stereocenters. The summed E-state index contributed by atoms with van der Waals surface area (Å²) in [6, 6.07) is 8.69. The predicted octanol–water partition coefficient (Wildman–Crippen LogP) is 1.24. The zero-order chi connectivity index (χ0) is 21.7. The first-order valence-corrected chi connectivity index (χ1v) is 9.18. The molecule has 2 heterocycles. The van der Waals surface area contributed by atoms with Gasteiger partial charge in [0.1, 0.15) is 12.7 Å². The van der Waals surface area contributed by atoms with E-state index in [0.29, 0.717) is 26.2 Å². The van der Waals surface area contributed by atoms with Gasteiger partial charge in [-0.05, 0) is 25.1 Å². The highest BCUT2D eigenvalue weighted by Gasteiger charge is 2.25. The molecule has 11 heteroatoms. The summed E-state index contributed by atoms with van der Waals surface area (Å²) >= 11 is 0. The number of carbonyl (C=O) groups is 1. The third-order valence-electron chi connectivity index (χ3n) is 4.62. The van der Waals surface area contributed by atoms with Crippen LogP contribution >= 0.6 is 0 Å². The maximum absolute atomic E-state index is 15.2. The van der Waals surface area contributed by atoms with Gasteiger partial charge in [-0.3, -0.25) is 10.7 Å². The molecule has 0 radical (unpaired) electrons. The van der Waals surface area contributed by atoms with Crippen molar-refractivity contribution >= 4 is 23.6 Å². The quantitative estimate of drug-likeness (QED) is 0.502. The maximum atomic E-state index is 15.2. The standard InChI is InChI=1S/C19H21FN8O2/c1-12-2-5-15(26-25-12)27-6-8-28(9-7-27)17-13(10-21)3-4-14(16(17)20)11-30-19(29)24-18(22)23/h2-5H,6-9,11H2,1H3,(H4,22,23,24,29). The third kappa shape index (κ3) is 4.72. The van der Waals surface area contributed by atoms with Crippen molar-refractivity contribution in [2.45, 2.75) is 13.5 Å². The summed E-state index contributed by atoms with van der Waals surface area (Å²) in [7, 11) is 0. The smallest absolute Gasteiger partial charge is 0.414 e. The minimum atomic E-state index is -0.958. The summed E-state index contributed by atoms with van der Waals surface area (Å²) < 4.78 is 20.1. The molecule has 1 aliphatic heterocycles. The van der Waals surface area contributed by atoms with Gasteiger partial charge in [-0.15, -0.1) is 5.10 Å². The Morgan fingerprint density at radius 1 is 1.27 bits per heavy atom. The van der Waals surface area contributed by atoms with E-state index in [1.807, 2.05) is 35.3 Å². The Hall–Kier alpha value is -3.94. The van der Waals surface area contributed by atoms with Gasteiger partial charge in [0.05, 0.1) is 16.9 Å². The van der Waals surface area contributed by atoms with E-state index in [1.54, 1.807) is 4.90 Å². The number of ether oxygens (including phenoxy) is 1. The fourth-order valence-electron chi connectivity index (χ4n) is 3.13. The molecule has 0 bridgehead atoms. The van der Waals surface area contributed by atoms with Crippen LogP contribution in [0.25, 0.3) is 0 Å². The van der Waals surface area contributed by atoms with Gasteiger partial charge < -0.3 is 20.3 Å². The topological polar surface area (TPSA) is 144 Å². The molecule has 1 saturated heterocycles. The van der Waals surface area contributed by atoms with Crippen molar-refractivity contribution in [1.82, 2.24) is 15.5 Å². The van der Waals surface area contributed by atoms with Crippen molar-refractivity contribution in [3.63, 3.8) is 0 Å². The van der Waals surface area contributed by atoms with Gasteiger partial charge in [0.25, 0.3) is 0 Å². The molecule has 1 aromatic carbocycles. The number of carbonyl (C=O) groups excluding carboxylic acids is 1. The number of nitrogens with two attached hydrogens (primary N) is 1. The van der Waals surface area contributed by atoms with Gasteiger partial charge in [-0.25, -0.2) is 9.18 Å². The SMILES string of the molecule is Cc1ccc(N2CCN(c3c(C#N)ccc(COC(=O)NC(=N)N)c3F)CC2)nn1. The van der Waals surface area contributed by atoms with Crippen molar-refractivity contribution in [3.8, 4) is 6.07 Å². The van der Waals surface area contributed by atoms with E-state index in [2.05, 4.69) is 10.2 Å². The summed E-state index contributed by atoms with van der Waals surface area (Å²) in [5.74, 6) is -0.440. The first-order chi connectivity index (χ1) is 14.4. The molecule has 4 N–H and O–H groups in total. The first-order valence-electron chi connectivity index (χ1n) is 9.18. The number of alkyl carbamates (subject to hydrolysis) is 1. The Morgan fingerprint density at radius 3 is 2.57 bits per heavy atom. The Labute approximate surface area is 172 Å². The Bertz CT molecular complexity index is 981. The number of guanidine groups is 1. The molecule has 0 atom stereocenters. The van der Waals surface area contributed by atoms with E-state index < -0.39 is 17.9 Å². The number of hydrogen-bond acceptors (Lipinski definition) is 8. The summed E-state index contributed by atoms with van der Waals surface area (Å²) in [6.07, 6.45) is -0.958. The van der Waals surface area contributed by atoms with Crippen molar-refractivity contribution in [3.05, 3.63) is 46.9 Å². The van der Waals surface area contributed by atoms with Crippen LogP contribution in [-0.2, 0) is 11.3 Å². The molecular formula is C19H21FN8O2. The number of anilines is 2. The third-order valence-corrected chi connectivity index (χ3v) is 4.62. The molecule has 30 heavy (non-hydrogen) atoms. The lowest BCUT2D eigenvalue weighted by molar-refractivity contribution is 0.143. The molecule has 1 amide bonds. The van der Waals surface area contributed by atoms with Gasteiger partial charge in [0.2, 0.25) is 0 Å². The Morgan fingerprint density at radius 2 is 1.97 bits per heavy atom. The van der Waals surface area contributed by atoms with Crippen LogP contribution in [0.1, 0.15) is 16.8 Å². The number of nitrogens with zero attached hydrogens (tertiary/aromatic N) is 5. The maximum Gasteiger partial charge on any atom is 0.414 e. The van der Waals surface area contributed by atoms with E-state index in [1.165, 1.54) is 12.1 Å². The largest absolute Gasteiger partial charge is 0.444 e. The van der Waals surface area contributed by atoms with Crippen LogP contribution in [-0.4, -0.2) is 48.4 Å². The number of nitriles is 1. The minimum absolute atomic E-state index is 0.120. The number of hydrogen-bond donors (Lipinski definition) is 3. The summed E-state index contributed by atoms with van der Waals surface area (Å²) in [5.41, 5.74) is 6.38. The highest BCUT2D eigenvalue weighted by atomic mass is 19.1. The average Bonchev–Trinajstić information content (AvgIpc) is 2.73. The molecule has 0 aliphatic carbocycles. The Balaban J connectivity index is 1.73. The minimum Gasteiger partial charge on any atom is -0.444 e. The first kappa shape index (κ1) is 20.8. The normalized spacial score (nSPS) is 13.5. The molecule has 10 nitrogen and oxygen atoms in total. The lowest BCUT2D eigenvalue weighted by atomic mass is 10.1. The molecule has 2 aromatic rings. The number of piperazine rings is 1. The second-order valence-corrected chi connectivity index (χ2v) is 6.67. The van der Waals surface area contributed by atoms with Gasteiger partial charge >= 0.3 is 6.09 Å². The van der Waals surface area contributed by atoms with Crippen LogP contribution < -0.4 is 20.9 Å². The van der Waals surface area contributed by atoms with Crippen LogP contribution in [0.5, 0.6) is 0 Å².